The summed E-state index contributed by atoms with van der Waals surface area (Å²) in [6.07, 6.45) is 0. The highest BCUT2D eigenvalue weighted by Crippen LogP contribution is 2.14. The van der Waals surface area contributed by atoms with Gasteiger partial charge in [0.15, 0.2) is 5.69 Å². The highest BCUT2D eigenvalue weighted by Gasteiger charge is 2.19. The van der Waals surface area contributed by atoms with Crippen molar-refractivity contribution in [2.24, 2.45) is 12.8 Å². The quantitative estimate of drug-likeness (QED) is 0.580. The Morgan fingerprint density at radius 3 is 2.69 bits per heavy atom. The molecule has 1 heterocycles. The first-order chi connectivity index (χ1) is 7.07. The second-order valence-electron chi connectivity index (χ2n) is 2.94. The van der Waals surface area contributed by atoms with E-state index >= 15 is 0 Å². The highest BCUT2D eigenvalue weighted by atomic mass is 35.5. The molecule has 0 atom stereocenters. The van der Waals surface area contributed by atoms with Crippen molar-refractivity contribution in [2.45, 2.75) is 0 Å². The fourth-order valence-corrected chi connectivity index (χ4v) is 1.19. The summed E-state index contributed by atoms with van der Waals surface area (Å²) < 4.78 is 1.23. The van der Waals surface area contributed by atoms with Crippen molar-refractivity contribution in [1.82, 2.24) is 9.88 Å². The first kappa shape index (κ1) is 14.4. The van der Waals surface area contributed by atoms with Crippen LogP contribution in [0.5, 0.6) is 0 Å². The predicted octanol–water partition coefficient (Wildman–Crippen LogP) is 0.0436. The monoisotopic (exact) mass is 248 g/mol. The molecule has 1 aromatic rings. The summed E-state index contributed by atoms with van der Waals surface area (Å²) in [7, 11) is 1.47. The summed E-state index contributed by atoms with van der Waals surface area (Å²) in [5, 5.41) is 13.0. The van der Waals surface area contributed by atoms with Crippen molar-refractivity contribution in [3.05, 3.63) is 27.9 Å². The number of halogens is 1. The molecule has 7 nitrogen and oxygen atoms in total. The summed E-state index contributed by atoms with van der Waals surface area (Å²) in [6, 6.07) is 2.70. The lowest BCUT2D eigenvalue weighted by molar-refractivity contribution is -0.391. The number of carbonyl (C=O) groups excluding carboxylic acids is 1. The van der Waals surface area contributed by atoms with Gasteiger partial charge in [-0.2, -0.15) is 0 Å². The van der Waals surface area contributed by atoms with Crippen LogP contribution < -0.4 is 11.1 Å². The third-order valence-corrected chi connectivity index (χ3v) is 1.94. The zero-order chi connectivity index (χ0) is 11.4. The lowest BCUT2D eigenvalue weighted by atomic mass is 10.4. The number of amides is 1. The smallest absolute Gasteiger partial charge is 0.323 e. The molecule has 16 heavy (non-hydrogen) atoms. The van der Waals surface area contributed by atoms with Gasteiger partial charge in [0.2, 0.25) is 0 Å². The van der Waals surface area contributed by atoms with E-state index in [4.69, 9.17) is 5.73 Å². The van der Waals surface area contributed by atoms with Gasteiger partial charge in [0, 0.05) is 19.2 Å². The molecule has 0 bridgehead atoms. The van der Waals surface area contributed by atoms with Gasteiger partial charge >= 0.3 is 5.82 Å². The fourth-order valence-electron chi connectivity index (χ4n) is 1.19. The number of aromatic nitrogens is 1. The Morgan fingerprint density at radius 2 is 2.25 bits per heavy atom. The van der Waals surface area contributed by atoms with E-state index in [1.165, 1.54) is 23.7 Å². The van der Waals surface area contributed by atoms with Gasteiger partial charge in [0.1, 0.15) is 0 Å². The van der Waals surface area contributed by atoms with Crippen LogP contribution >= 0.6 is 12.4 Å². The molecule has 0 saturated heterocycles. The Morgan fingerprint density at radius 1 is 1.62 bits per heavy atom. The number of rotatable bonds is 4. The molecule has 0 spiro atoms. The SMILES string of the molecule is Cl.Cn1c(C(=O)NCCN)ccc1[N+](=O)[O-]. The van der Waals surface area contributed by atoms with Crippen molar-refractivity contribution in [1.29, 1.82) is 0 Å². The van der Waals surface area contributed by atoms with Gasteiger partial charge < -0.3 is 21.2 Å². The third-order valence-electron chi connectivity index (χ3n) is 1.94. The number of nitrogens with two attached hydrogens (primary N) is 1. The van der Waals surface area contributed by atoms with Crippen molar-refractivity contribution >= 4 is 24.1 Å². The Labute approximate surface area is 98.2 Å². The Bertz CT molecular complexity index is 391. The lowest BCUT2D eigenvalue weighted by Crippen LogP contribution is -2.30. The van der Waals surface area contributed by atoms with Crippen LogP contribution in [-0.2, 0) is 7.05 Å². The summed E-state index contributed by atoms with van der Waals surface area (Å²) >= 11 is 0. The minimum absolute atomic E-state index is 0. The van der Waals surface area contributed by atoms with Gasteiger partial charge in [-0.25, -0.2) is 4.57 Å². The molecule has 1 aromatic heterocycles. The van der Waals surface area contributed by atoms with Gasteiger partial charge in [0.05, 0.1) is 7.05 Å². The van der Waals surface area contributed by atoms with Crippen molar-refractivity contribution in [3.8, 4) is 0 Å². The van der Waals surface area contributed by atoms with Gasteiger partial charge in [0.25, 0.3) is 5.91 Å². The Hall–Kier alpha value is -1.60. The number of carbonyl (C=O) groups is 1. The second kappa shape index (κ2) is 6.09. The summed E-state index contributed by atoms with van der Waals surface area (Å²) in [5.74, 6) is -0.482. The second-order valence-corrected chi connectivity index (χ2v) is 2.94. The van der Waals surface area contributed by atoms with Crippen LogP contribution in [0.2, 0.25) is 0 Å². The van der Waals surface area contributed by atoms with E-state index in [2.05, 4.69) is 5.32 Å². The average Bonchev–Trinajstić information content (AvgIpc) is 2.56. The standard InChI is InChI=1S/C8H12N4O3.ClH/c1-11-6(8(13)10-5-4-9)2-3-7(11)12(14)15;/h2-3H,4-5,9H2,1H3,(H,10,13);1H. The van der Waals surface area contributed by atoms with Crippen LogP contribution in [0, 0.1) is 10.1 Å². The number of nitrogens with zero attached hydrogens (tertiary/aromatic N) is 2. The molecule has 0 aliphatic rings. The van der Waals surface area contributed by atoms with Crippen LogP contribution in [0.1, 0.15) is 10.5 Å². The summed E-state index contributed by atoms with van der Waals surface area (Å²) in [4.78, 5) is 21.4. The number of nitrogens with one attached hydrogen (secondary N) is 1. The Balaban J connectivity index is 0.00000225. The van der Waals surface area contributed by atoms with E-state index in [1.54, 1.807) is 0 Å². The molecule has 0 fully saturated rings. The number of hydrogen-bond donors (Lipinski definition) is 2. The van der Waals surface area contributed by atoms with Gasteiger partial charge in [-0.05, 0) is 11.0 Å². The topological polar surface area (TPSA) is 103 Å². The largest absolute Gasteiger partial charge is 0.358 e. The maximum atomic E-state index is 11.5. The third kappa shape index (κ3) is 2.94. The van der Waals surface area contributed by atoms with Crippen molar-refractivity contribution in [2.75, 3.05) is 13.1 Å². The van der Waals surface area contributed by atoms with Crippen molar-refractivity contribution < 1.29 is 9.72 Å². The van der Waals surface area contributed by atoms with Crippen LogP contribution in [0.3, 0.4) is 0 Å². The van der Waals surface area contributed by atoms with E-state index in [1.807, 2.05) is 0 Å². The molecule has 1 amide bonds. The fraction of sp³-hybridized carbons (Fsp3) is 0.375. The van der Waals surface area contributed by atoms with Gasteiger partial charge in [-0.3, -0.25) is 4.79 Å². The van der Waals surface area contributed by atoms with Crippen molar-refractivity contribution in [3.63, 3.8) is 0 Å². The highest BCUT2D eigenvalue weighted by molar-refractivity contribution is 5.93. The zero-order valence-corrected chi connectivity index (χ0v) is 9.49. The lowest BCUT2D eigenvalue weighted by Gasteiger charge is -2.01. The van der Waals surface area contributed by atoms with E-state index in [0.717, 1.165) is 0 Å². The first-order valence-electron chi connectivity index (χ1n) is 4.36. The van der Waals surface area contributed by atoms with Gasteiger partial charge in [-0.15, -0.1) is 12.4 Å². The molecule has 0 aromatic carbocycles. The van der Waals surface area contributed by atoms with Gasteiger partial charge in [-0.1, -0.05) is 0 Å². The molecule has 1 rings (SSSR count). The molecule has 0 saturated carbocycles. The van der Waals surface area contributed by atoms with Crippen LogP contribution in [0.15, 0.2) is 12.1 Å². The molecule has 8 heteroatoms. The predicted molar refractivity (Wildman–Crippen MR) is 60.7 cm³/mol. The minimum Gasteiger partial charge on any atom is -0.358 e. The van der Waals surface area contributed by atoms with E-state index < -0.39 is 4.92 Å². The molecule has 90 valence electrons. The molecule has 3 N–H and O–H groups in total. The molecule has 0 unspecified atom stereocenters. The molecule has 0 radical (unpaired) electrons. The maximum Gasteiger partial charge on any atom is 0.323 e. The van der Waals surface area contributed by atoms with E-state index in [9.17, 15) is 14.9 Å². The minimum atomic E-state index is -0.542. The average molecular weight is 249 g/mol. The zero-order valence-electron chi connectivity index (χ0n) is 8.67. The Kier molecular flexibility index (Phi) is 5.48. The van der Waals surface area contributed by atoms with E-state index in [-0.39, 0.29) is 29.8 Å². The van der Waals surface area contributed by atoms with Crippen LogP contribution in [0.25, 0.3) is 0 Å². The summed E-state index contributed by atoms with van der Waals surface area (Å²) in [5.41, 5.74) is 5.46. The normalized spacial score (nSPS) is 9.38. The first-order valence-corrected chi connectivity index (χ1v) is 4.36. The molecule has 0 aliphatic carbocycles. The maximum absolute atomic E-state index is 11.5. The number of hydrogen-bond acceptors (Lipinski definition) is 4. The van der Waals surface area contributed by atoms with Crippen LogP contribution in [-0.4, -0.2) is 28.5 Å². The van der Waals surface area contributed by atoms with E-state index in [0.29, 0.717) is 13.1 Å². The van der Waals surface area contributed by atoms with Crippen LogP contribution in [0.4, 0.5) is 5.82 Å². The molecule has 0 aliphatic heterocycles. The number of nitro groups is 1. The molecular weight excluding hydrogens is 236 g/mol. The summed E-state index contributed by atoms with van der Waals surface area (Å²) in [6.45, 7) is 0.677. The molecular formula is C8H13ClN4O3.